The quantitative estimate of drug-likeness (QED) is 0.525. The lowest BCUT2D eigenvalue weighted by molar-refractivity contribution is -0.139. The first-order valence-corrected chi connectivity index (χ1v) is 6.41. The third kappa shape index (κ3) is 4.41. The number of rotatable bonds is 6. The van der Waals surface area contributed by atoms with Gasteiger partial charge in [0.1, 0.15) is 5.75 Å². The minimum absolute atomic E-state index is 0.0548. The van der Waals surface area contributed by atoms with Crippen LogP contribution in [0.5, 0.6) is 5.75 Å². The molecule has 0 saturated carbocycles. The molecular formula is C13H16ClF3O. The van der Waals surface area contributed by atoms with Crippen molar-refractivity contribution >= 4 is 11.6 Å². The Morgan fingerprint density at radius 2 is 1.94 bits per heavy atom. The van der Waals surface area contributed by atoms with Crippen LogP contribution in [0, 0.1) is 0 Å². The first kappa shape index (κ1) is 15.2. The summed E-state index contributed by atoms with van der Waals surface area (Å²) in [5.74, 6) is -0.0633. The summed E-state index contributed by atoms with van der Waals surface area (Å²) in [4.78, 5) is 0. The van der Waals surface area contributed by atoms with E-state index in [0.29, 0.717) is 12.2 Å². The predicted octanol–water partition coefficient (Wildman–Crippen LogP) is 5.01. The van der Waals surface area contributed by atoms with Gasteiger partial charge in [-0.3, -0.25) is 0 Å². The molecule has 102 valence electrons. The van der Waals surface area contributed by atoms with Gasteiger partial charge in [0.2, 0.25) is 0 Å². The van der Waals surface area contributed by atoms with Crippen LogP contribution in [-0.4, -0.2) is 6.61 Å². The molecular weight excluding hydrogens is 265 g/mol. The first-order valence-electron chi connectivity index (χ1n) is 5.88. The fourth-order valence-corrected chi connectivity index (χ4v) is 1.71. The SMILES string of the molecule is CCCCCOc1ccc(CCl)cc1C(F)(F)F. The van der Waals surface area contributed by atoms with Gasteiger partial charge in [0.25, 0.3) is 0 Å². The zero-order chi connectivity index (χ0) is 13.6. The second-order valence-electron chi connectivity index (χ2n) is 4.02. The third-order valence-corrected chi connectivity index (χ3v) is 2.82. The van der Waals surface area contributed by atoms with E-state index in [2.05, 4.69) is 0 Å². The van der Waals surface area contributed by atoms with Crippen LogP contribution in [0.15, 0.2) is 18.2 Å². The minimum atomic E-state index is -4.41. The van der Waals surface area contributed by atoms with E-state index in [0.717, 1.165) is 25.3 Å². The maximum absolute atomic E-state index is 12.8. The summed E-state index contributed by atoms with van der Waals surface area (Å²) in [5, 5.41) is 0. The smallest absolute Gasteiger partial charge is 0.419 e. The van der Waals surface area contributed by atoms with Crippen LogP contribution < -0.4 is 4.74 Å². The molecule has 0 N–H and O–H groups in total. The van der Waals surface area contributed by atoms with E-state index in [-0.39, 0.29) is 11.6 Å². The second kappa shape index (κ2) is 6.88. The molecule has 0 saturated heterocycles. The van der Waals surface area contributed by atoms with Gasteiger partial charge in [0.15, 0.2) is 0 Å². The van der Waals surface area contributed by atoms with Crippen molar-refractivity contribution in [3.63, 3.8) is 0 Å². The van der Waals surface area contributed by atoms with Crippen molar-refractivity contribution in [2.24, 2.45) is 0 Å². The molecule has 0 unspecified atom stereocenters. The number of ether oxygens (including phenoxy) is 1. The molecule has 0 aliphatic heterocycles. The number of benzene rings is 1. The maximum atomic E-state index is 12.8. The van der Waals surface area contributed by atoms with E-state index in [9.17, 15) is 13.2 Å². The molecule has 0 aliphatic carbocycles. The average Bonchev–Trinajstić information content (AvgIpc) is 2.33. The number of unbranched alkanes of at least 4 members (excludes halogenated alkanes) is 2. The normalized spacial score (nSPS) is 11.6. The lowest BCUT2D eigenvalue weighted by atomic mass is 10.1. The standard InChI is InChI=1S/C13H16ClF3O/c1-2-3-4-7-18-12-6-5-10(9-14)8-11(12)13(15,16)17/h5-6,8H,2-4,7,9H2,1H3. The van der Waals surface area contributed by atoms with E-state index >= 15 is 0 Å². The summed E-state index contributed by atoms with van der Waals surface area (Å²) in [6, 6.07) is 3.94. The highest BCUT2D eigenvalue weighted by molar-refractivity contribution is 6.17. The Kier molecular flexibility index (Phi) is 5.79. The molecule has 0 amide bonds. The van der Waals surface area contributed by atoms with Gasteiger partial charge in [-0.2, -0.15) is 13.2 Å². The highest BCUT2D eigenvalue weighted by atomic mass is 35.5. The van der Waals surface area contributed by atoms with Crippen molar-refractivity contribution in [2.75, 3.05) is 6.61 Å². The molecule has 5 heteroatoms. The zero-order valence-electron chi connectivity index (χ0n) is 10.2. The van der Waals surface area contributed by atoms with Crippen LogP contribution in [0.4, 0.5) is 13.2 Å². The molecule has 1 rings (SSSR count). The Labute approximate surface area is 110 Å². The van der Waals surface area contributed by atoms with Gasteiger partial charge in [-0.1, -0.05) is 25.8 Å². The number of halogens is 4. The van der Waals surface area contributed by atoms with Crippen molar-refractivity contribution in [1.82, 2.24) is 0 Å². The van der Waals surface area contributed by atoms with Crippen LogP contribution in [0.25, 0.3) is 0 Å². The largest absolute Gasteiger partial charge is 0.493 e. The molecule has 0 spiro atoms. The average molecular weight is 281 g/mol. The second-order valence-corrected chi connectivity index (χ2v) is 4.28. The monoisotopic (exact) mass is 280 g/mol. The summed E-state index contributed by atoms with van der Waals surface area (Å²) < 4.78 is 43.7. The Hall–Kier alpha value is -0.900. The number of alkyl halides is 4. The molecule has 1 aromatic rings. The fourth-order valence-electron chi connectivity index (χ4n) is 1.54. The highest BCUT2D eigenvalue weighted by Gasteiger charge is 2.34. The Morgan fingerprint density at radius 3 is 2.50 bits per heavy atom. The molecule has 0 aliphatic rings. The third-order valence-electron chi connectivity index (χ3n) is 2.51. The van der Waals surface area contributed by atoms with Gasteiger partial charge in [-0.25, -0.2) is 0 Å². The van der Waals surface area contributed by atoms with Crippen LogP contribution in [-0.2, 0) is 12.1 Å². The van der Waals surface area contributed by atoms with Gasteiger partial charge >= 0.3 is 6.18 Å². The zero-order valence-corrected chi connectivity index (χ0v) is 10.9. The van der Waals surface area contributed by atoms with Gasteiger partial charge in [-0.15, -0.1) is 11.6 Å². The maximum Gasteiger partial charge on any atom is 0.419 e. The summed E-state index contributed by atoms with van der Waals surface area (Å²) >= 11 is 5.54. The van der Waals surface area contributed by atoms with Crippen LogP contribution in [0.2, 0.25) is 0 Å². The molecule has 1 aromatic carbocycles. The topological polar surface area (TPSA) is 9.23 Å². The molecule has 0 bridgehead atoms. The summed E-state index contributed by atoms with van der Waals surface area (Å²) in [6.45, 7) is 2.33. The van der Waals surface area contributed by atoms with Gasteiger partial charge < -0.3 is 4.74 Å². The molecule has 0 aromatic heterocycles. The van der Waals surface area contributed by atoms with Crippen molar-refractivity contribution < 1.29 is 17.9 Å². The lowest BCUT2D eigenvalue weighted by Crippen LogP contribution is -2.10. The summed E-state index contributed by atoms with van der Waals surface area (Å²) in [6.07, 6.45) is -1.71. The molecule has 1 nitrogen and oxygen atoms in total. The lowest BCUT2D eigenvalue weighted by Gasteiger charge is -2.14. The van der Waals surface area contributed by atoms with Gasteiger partial charge in [0, 0.05) is 5.88 Å². The van der Waals surface area contributed by atoms with E-state index < -0.39 is 11.7 Å². The van der Waals surface area contributed by atoms with Gasteiger partial charge in [0.05, 0.1) is 12.2 Å². The fraction of sp³-hybridized carbons (Fsp3) is 0.538. The van der Waals surface area contributed by atoms with E-state index in [1.165, 1.54) is 6.07 Å². The number of hydrogen-bond donors (Lipinski definition) is 0. The van der Waals surface area contributed by atoms with Crippen molar-refractivity contribution in [3.8, 4) is 5.75 Å². The predicted molar refractivity (Wildman–Crippen MR) is 66.0 cm³/mol. The van der Waals surface area contributed by atoms with Crippen LogP contribution >= 0.6 is 11.6 Å². The Bertz CT molecular complexity index is 377. The van der Waals surface area contributed by atoms with Crippen LogP contribution in [0.3, 0.4) is 0 Å². The van der Waals surface area contributed by atoms with Crippen LogP contribution in [0.1, 0.15) is 37.3 Å². The molecule has 0 atom stereocenters. The first-order chi connectivity index (χ1) is 8.49. The van der Waals surface area contributed by atoms with E-state index in [1.807, 2.05) is 6.92 Å². The van der Waals surface area contributed by atoms with Crippen molar-refractivity contribution in [2.45, 2.75) is 38.2 Å². The molecule has 18 heavy (non-hydrogen) atoms. The van der Waals surface area contributed by atoms with E-state index in [4.69, 9.17) is 16.3 Å². The molecule has 0 radical (unpaired) electrons. The Balaban J connectivity index is 2.82. The van der Waals surface area contributed by atoms with Crippen molar-refractivity contribution in [3.05, 3.63) is 29.3 Å². The number of hydrogen-bond acceptors (Lipinski definition) is 1. The molecule has 0 heterocycles. The highest BCUT2D eigenvalue weighted by Crippen LogP contribution is 2.37. The minimum Gasteiger partial charge on any atom is -0.493 e. The van der Waals surface area contributed by atoms with E-state index in [1.54, 1.807) is 6.07 Å². The summed E-state index contributed by atoms with van der Waals surface area (Å²) in [7, 11) is 0. The van der Waals surface area contributed by atoms with Crippen molar-refractivity contribution in [1.29, 1.82) is 0 Å². The Morgan fingerprint density at radius 1 is 1.22 bits per heavy atom. The molecule has 0 fully saturated rings. The summed E-state index contributed by atoms with van der Waals surface area (Å²) in [5.41, 5.74) is -0.318. The van der Waals surface area contributed by atoms with Gasteiger partial charge in [-0.05, 0) is 24.1 Å².